The predicted molar refractivity (Wildman–Crippen MR) is 108 cm³/mol. The van der Waals surface area contributed by atoms with Crippen LogP contribution in [0.3, 0.4) is 0 Å². The minimum atomic E-state index is 0.0172. The second-order valence-corrected chi connectivity index (χ2v) is 7.46. The van der Waals surface area contributed by atoms with Crippen LogP contribution in [0.1, 0.15) is 16.7 Å². The highest BCUT2D eigenvalue weighted by Crippen LogP contribution is 2.25. The molecule has 2 aromatic rings. The van der Waals surface area contributed by atoms with Gasteiger partial charge >= 0.3 is 6.03 Å². The number of hydrogen-bond acceptors (Lipinski definition) is 3. The number of rotatable bonds is 2. The number of amides is 2. The molecule has 0 saturated carbocycles. The Bertz CT molecular complexity index is 828. The number of carbonyl (C=O) groups is 1. The first kappa shape index (κ1) is 17.7. The van der Waals surface area contributed by atoms with E-state index in [9.17, 15) is 4.79 Å². The largest absolute Gasteiger partial charge is 0.491 e. The van der Waals surface area contributed by atoms with Crippen molar-refractivity contribution in [3.05, 3.63) is 59.2 Å². The quantitative estimate of drug-likeness (QED) is 0.889. The number of benzene rings is 2. The molecular formula is C22H27N3O2. The van der Waals surface area contributed by atoms with Crippen LogP contribution < -0.4 is 15.0 Å². The number of fused-ring (bicyclic) bond motifs is 1. The van der Waals surface area contributed by atoms with Gasteiger partial charge in [0, 0.05) is 31.9 Å². The molecule has 0 radical (unpaired) electrons. The van der Waals surface area contributed by atoms with E-state index in [1.807, 2.05) is 23.1 Å². The summed E-state index contributed by atoms with van der Waals surface area (Å²) < 4.78 is 5.78. The number of hydrogen-bond donors (Lipinski definition) is 1. The average molecular weight is 365 g/mol. The first-order valence-corrected chi connectivity index (χ1v) is 9.69. The lowest BCUT2D eigenvalue weighted by molar-refractivity contribution is 0.178. The number of anilines is 1. The lowest BCUT2D eigenvalue weighted by Gasteiger charge is -2.38. The second-order valence-electron chi connectivity index (χ2n) is 7.46. The summed E-state index contributed by atoms with van der Waals surface area (Å²) in [5.41, 5.74) is 5.08. The van der Waals surface area contributed by atoms with E-state index in [1.54, 1.807) is 0 Å². The highest BCUT2D eigenvalue weighted by Gasteiger charge is 2.26. The van der Waals surface area contributed by atoms with Crippen molar-refractivity contribution in [1.29, 1.82) is 0 Å². The van der Waals surface area contributed by atoms with Gasteiger partial charge in [-0.2, -0.15) is 0 Å². The summed E-state index contributed by atoms with van der Waals surface area (Å²) in [5, 5.41) is 3.15. The topological polar surface area (TPSA) is 44.8 Å². The molecule has 142 valence electrons. The highest BCUT2D eigenvalue weighted by molar-refractivity contribution is 5.75. The molecule has 5 nitrogen and oxygen atoms in total. The first-order valence-electron chi connectivity index (χ1n) is 9.69. The summed E-state index contributed by atoms with van der Waals surface area (Å²) in [4.78, 5) is 17.0. The van der Waals surface area contributed by atoms with E-state index in [0.29, 0.717) is 6.61 Å². The zero-order chi connectivity index (χ0) is 18.8. The van der Waals surface area contributed by atoms with Gasteiger partial charge in [0.2, 0.25) is 0 Å². The van der Waals surface area contributed by atoms with Crippen LogP contribution >= 0.6 is 0 Å². The molecule has 2 aromatic carbocycles. The molecule has 4 rings (SSSR count). The molecule has 0 spiro atoms. The molecule has 5 heteroatoms. The van der Waals surface area contributed by atoms with Crippen molar-refractivity contribution in [3.63, 3.8) is 0 Å². The fourth-order valence-corrected chi connectivity index (χ4v) is 3.92. The minimum Gasteiger partial charge on any atom is -0.491 e. The van der Waals surface area contributed by atoms with Crippen molar-refractivity contribution in [2.24, 2.45) is 0 Å². The van der Waals surface area contributed by atoms with Crippen LogP contribution in [0.15, 0.2) is 42.5 Å². The van der Waals surface area contributed by atoms with Gasteiger partial charge in [0.1, 0.15) is 12.4 Å². The van der Waals surface area contributed by atoms with Crippen molar-refractivity contribution in [2.75, 3.05) is 37.7 Å². The smallest absolute Gasteiger partial charge is 0.317 e. The fraction of sp³-hybridized carbons (Fsp3) is 0.409. The Balaban J connectivity index is 1.32. The summed E-state index contributed by atoms with van der Waals surface area (Å²) in [5.74, 6) is 0.935. The third-order valence-corrected chi connectivity index (χ3v) is 5.69. The number of nitrogens with one attached hydrogen (secondary N) is 1. The van der Waals surface area contributed by atoms with Crippen molar-refractivity contribution in [3.8, 4) is 5.75 Å². The van der Waals surface area contributed by atoms with Crippen LogP contribution in [0.2, 0.25) is 0 Å². The maximum Gasteiger partial charge on any atom is 0.317 e. The number of aryl methyl sites for hydroxylation is 1. The summed E-state index contributed by atoms with van der Waals surface area (Å²) in [7, 11) is 0. The maximum absolute atomic E-state index is 12.7. The lowest BCUT2D eigenvalue weighted by atomic mass is 10.0. The molecule has 27 heavy (non-hydrogen) atoms. The number of para-hydroxylation sites is 1. The Morgan fingerprint density at radius 1 is 1.04 bits per heavy atom. The van der Waals surface area contributed by atoms with E-state index < -0.39 is 0 Å². The van der Waals surface area contributed by atoms with Gasteiger partial charge in [-0.05, 0) is 49.1 Å². The molecule has 0 bridgehead atoms. The number of nitrogens with zero attached hydrogens (tertiary/aromatic N) is 2. The van der Waals surface area contributed by atoms with E-state index >= 15 is 0 Å². The van der Waals surface area contributed by atoms with E-state index in [-0.39, 0.29) is 12.1 Å². The van der Waals surface area contributed by atoms with Gasteiger partial charge in [-0.1, -0.05) is 30.3 Å². The Kier molecular flexibility index (Phi) is 4.92. The fourth-order valence-electron chi connectivity index (χ4n) is 3.92. The normalized spacial score (nSPS) is 19.3. The molecule has 2 aliphatic heterocycles. The zero-order valence-corrected chi connectivity index (χ0v) is 16.1. The van der Waals surface area contributed by atoms with Gasteiger partial charge in [-0.15, -0.1) is 0 Å². The minimum absolute atomic E-state index is 0.0172. The van der Waals surface area contributed by atoms with Crippen LogP contribution in [-0.2, 0) is 6.42 Å². The molecule has 1 saturated heterocycles. The van der Waals surface area contributed by atoms with E-state index in [0.717, 1.165) is 43.9 Å². The van der Waals surface area contributed by atoms with Crippen molar-refractivity contribution >= 4 is 11.7 Å². The van der Waals surface area contributed by atoms with Crippen molar-refractivity contribution < 1.29 is 9.53 Å². The average Bonchev–Trinajstić information content (AvgIpc) is 2.70. The SMILES string of the molecule is Cc1cccc(N2CCN(C(=O)N[C@@H]3COc4ccccc4C3)CC2)c1C. The van der Waals surface area contributed by atoms with E-state index in [4.69, 9.17) is 4.74 Å². The van der Waals surface area contributed by atoms with Gasteiger partial charge in [0.25, 0.3) is 0 Å². The molecule has 1 N–H and O–H groups in total. The van der Waals surface area contributed by atoms with Gasteiger partial charge < -0.3 is 19.9 Å². The molecule has 0 aliphatic carbocycles. The Morgan fingerprint density at radius 2 is 1.81 bits per heavy atom. The Hall–Kier alpha value is -2.69. The van der Waals surface area contributed by atoms with Crippen LogP contribution in [0.5, 0.6) is 5.75 Å². The standard InChI is InChI=1S/C22H27N3O2/c1-16-6-5-8-20(17(16)2)24-10-12-25(13-11-24)22(26)23-19-14-18-7-3-4-9-21(18)27-15-19/h3-9,19H,10-15H2,1-2H3,(H,23,26)/t19-/m0/s1. The summed E-state index contributed by atoms with van der Waals surface area (Å²) in [6, 6.07) is 14.5. The van der Waals surface area contributed by atoms with Crippen LogP contribution in [0.25, 0.3) is 0 Å². The molecule has 1 atom stereocenters. The van der Waals surface area contributed by atoms with Crippen molar-refractivity contribution in [1.82, 2.24) is 10.2 Å². The monoisotopic (exact) mass is 365 g/mol. The third-order valence-electron chi connectivity index (χ3n) is 5.69. The number of ether oxygens (including phenoxy) is 1. The Morgan fingerprint density at radius 3 is 2.63 bits per heavy atom. The summed E-state index contributed by atoms with van der Waals surface area (Å²) in [6.45, 7) is 8.05. The number of piperazine rings is 1. The third kappa shape index (κ3) is 3.72. The molecule has 2 amide bonds. The van der Waals surface area contributed by atoms with Crippen LogP contribution in [-0.4, -0.2) is 49.8 Å². The van der Waals surface area contributed by atoms with Gasteiger partial charge in [0.15, 0.2) is 0 Å². The van der Waals surface area contributed by atoms with Crippen LogP contribution in [0.4, 0.5) is 10.5 Å². The van der Waals surface area contributed by atoms with E-state index in [2.05, 4.69) is 48.3 Å². The zero-order valence-electron chi connectivity index (χ0n) is 16.1. The maximum atomic E-state index is 12.7. The van der Waals surface area contributed by atoms with Crippen molar-refractivity contribution in [2.45, 2.75) is 26.3 Å². The van der Waals surface area contributed by atoms with E-state index in [1.165, 1.54) is 16.8 Å². The molecular weight excluding hydrogens is 338 g/mol. The molecule has 0 aromatic heterocycles. The first-order chi connectivity index (χ1) is 13.1. The van der Waals surface area contributed by atoms with Gasteiger partial charge in [-0.25, -0.2) is 4.79 Å². The molecule has 1 fully saturated rings. The Labute approximate surface area is 160 Å². The highest BCUT2D eigenvalue weighted by atomic mass is 16.5. The number of carbonyl (C=O) groups excluding carboxylic acids is 1. The number of urea groups is 1. The molecule has 0 unspecified atom stereocenters. The molecule has 2 aliphatic rings. The van der Waals surface area contributed by atoms with Crippen LogP contribution in [0, 0.1) is 13.8 Å². The van der Waals surface area contributed by atoms with Gasteiger partial charge in [-0.3, -0.25) is 0 Å². The summed E-state index contributed by atoms with van der Waals surface area (Å²) >= 11 is 0. The molecule has 2 heterocycles. The summed E-state index contributed by atoms with van der Waals surface area (Å²) in [6.07, 6.45) is 0.824. The van der Waals surface area contributed by atoms with Gasteiger partial charge in [0.05, 0.1) is 6.04 Å². The predicted octanol–water partition coefficient (Wildman–Crippen LogP) is 3.14. The second kappa shape index (κ2) is 7.51. The lowest BCUT2D eigenvalue weighted by Crippen LogP contribution is -2.55.